The summed E-state index contributed by atoms with van der Waals surface area (Å²) in [5.74, 6) is 0. The van der Waals surface area contributed by atoms with Crippen molar-refractivity contribution in [1.82, 2.24) is 24.3 Å². The largest absolute Gasteiger partial charge is 0.294 e. The zero-order valence-electron chi connectivity index (χ0n) is 15.3. The first-order chi connectivity index (χ1) is 13.7. The second kappa shape index (κ2) is 6.42. The Hall–Kier alpha value is -3.80. The molecule has 28 heavy (non-hydrogen) atoms. The Morgan fingerprint density at radius 1 is 1.00 bits per heavy atom. The average molecular weight is 367 g/mol. The molecule has 0 saturated carbocycles. The van der Waals surface area contributed by atoms with E-state index in [0.717, 1.165) is 27.6 Å². The molecular weight excluding hydrogens is 350 g/mol. The van der Waals surface area contributed by atoms with Crippen LogP contribution in [0.2, 0.25) is 0 Å². The monoisotopic (exact) mass is 367 g/mol. The normalized spacial score (nSPS) is 11.3. The molecule has 0 amide bonds. The van der Waals surface area contributed by atoms with Gasteiger partial charge in [0.1, 0.15) is 0 Å². The van der Waals surface area contributed by atoms with Gasteiger partial charge in [-0.1, -0.05) is 24.3 Å². The van der Waals surface area contributed by atoms with Gasteiger partial charge >= 0.3 is 0 Å². The molecule has 136 valence electrons. The SMILES string of the molecule is Cn1cc2cc(-c3cccc(Cn4cnc5cnccc5c4=O)c3)ccc2n1. The molecule has 3 aromatic heterocycles. The summed E-state index contributed by atoms with van der Waals surface area (Å²) in [5, 5.41) is 6.11. The van der Waals surface area contributed by atoms with Gasteiger partial charge in [0.15, 0.2) is 0 Å². The van der Waals surface area contributed by atoms with Gasteiger partial charge in [0.2, 0.25) is 0 Å². The molecule has 0 atom stereocenters. The zero-order valence-corrected chi connectivity index (χ0v) is 15.3. The smallest absolute Gasteiger partial charge is 0.261 e. The molecule has 0 fully saturated rings. The molecule has 0 N–H and O–H groups in total. The minimum Gasteiger partial charge on any atom is -0.294 e. The maximum absolute atomic E-state index is 12.7. The van der Waals surface area contributed by atoms with E-state index < -0.39 is 0 Å². The van der Waals surface area contributed by atoms with Gasteiger partial charge in [0, 0.05) is 24.8 Å². The fraction of sp³-hybridized carbons (Fsp3) is 0.0909. The Kier molecular flexibility index (Phi) is 3.76. The van der Waals surface area contributed by atoms with Crippen LogP contribution in [-0.4, -0.2) is 24.3 Å². The van der Waals surface area contributed by atoms with Crippen molar-refractivity contribution in [1.29, 1.82) is 0 Å². The van der Waals surface area contributed by atoms with Crippen molar-refractivity contribution >= 4 is 21.8 Å². The molecule has 0 aliphatic heterocycles. The number of fused-ring (bicyclic) bond motifs is 2. The van der Waals surface area contributed by atoms with Crippen LogP contribution in [0.25, 0.3) is 32.9 Å². The molecule has 5 aromatic rings. The Labute approximate surface area is 160 Å². The first kappa shape index (κ1) is 16.4. The minimum absolute atomic E-state index is 0.0606. The summed E-state index contributed by atoms with van der Waals surface area (Å²) < 4.78 is 3.45. The van der Waals surface area contributed by atoms with Crippen molar-refractivity contribution in [2.75, 3.05) is 0 Å². The van der Waals surface area contributed by atoms with Gasteiger partial charge in [-0.15, -0.1) is 0 Å². The first-order valence-corrected chi connectivity index (χ1v) is 8.99. The third kappa shape index (κ3) is 2.85. The summed E-state index contributed by atoms with van der Waals surface area (Å²) in [4.78, 5) is 21.1. The quantitative estimate of drug-likeness (QED) is 0.490. The number of benzene rings is 2. The second-order valence-corrected chi connectivity index (χ2v) is 6.85. The molecule has 0 radical (unpaired) electrons. The zero-order chi connectivity index (χ0) is 19.1. The van der Waals surface area contributed by atoms with Gasteiger partial charge < -0.3 is 0 Å². The number of hydrogen-bond acceptors (Lipinski definition) is 4. The van der Waals surface area contributed by atoms with Crippen LogP contribution >= 0.6 is 0 Å². The molecule has 0 bridgehead atoms. The van der Waals surface area contributed by atoms with Gasteiger partial charge in [-0.2, -0.15) is 5.10 Å². The summed E-state index contributed by atoms with van der Waals surface area (Å²) >= 11 is 0. The van der Waals surface area contributed by atoms with Gasteiger partial charge in [-0.3, -0.25) is 19.0 Å². The lowest BCUT2D eigenvalue weighted by Gasteiger charge is -2.09. The molecule has 0 unspecified atom stereocenters. The van der Waals surface area contributed by atoms with Crippen molar-refractivity contribution in [3.05, 3.63) is 89.4 Å². The topological polar surface area (TPSA) is 65.6 Å². The third-order valence-corrected chi connectivity index (χ3v) is 4.86. The fourth-order valence-corrected chi connectivity index (χ4v) is 3.50. The third-order valence-electron chi connectivity index (χ3n) is 4.86. The number of rotatable bonds is 3. The highest BCUT2D eigenvalue weighted by Crippen LogP contribution is 2.24. The molecule has 6 nitrogen and oxygen atoms in total. The van der Waals surface area contributed by atoms with Gasteiger partial charge in [-0.05, 0) is 41.0 Å². The molecular formula is C22H17N5O. The van der Waals surface area contributed by atoms with Crippen LogP contribution in [0, 0.1) is 0 Å². The Morgan fingerprint density at radius 3 is 2.82 bits per heavy atom. The summed E-state index contributed by atoms with van der Waals surface area (Å²) in [7, 11) is 1.92. The highest BCUT2D eigenvalue weighted by molar-refractivity contribution is 5.84. The van der Waals surface area contributed by atoms with E-state index in [1.165, 1.54) is 0 Å². The van der Waals surface area contributed by atoms with E-state index in [2.05, 4.69) is 39.3 Å². The number of hydrogen-bond donors (Lipinski definition) is 0. The highest BCUT2D eigenvalue weighted by Gasteiger charge is 2.07. The number of aromatic nitrogens is 5. The van der Waals surface area contributed by atoms with Crippen molar-refractivity contribution in [3.63, 3.8) is 0 Å². The van der Waals surface area contributed by atoms with E-state index in [1.54, 1.807) is 29.4 Å². The molecule has 6 heteroatoms. The summed E-state index contributed by atoms with van der Waals surface area (Å²) in [6.07, 6.45) is 6.82. The van der Waals surface area contributed by atoms with E-state index in [1.807, 2.05) is 36.1 Å². The lowest BCUT2D eigenvalue weighted by molar-refractivity contribution is 0.748. The molecule has 3 heterocycles. The maximum Gasteiger partial charge on any atom is 0.261 e. The summed E-state index contributed by atoms with van der Waals surface area (Å²) in [5.41, 5.74) is 4.80. The van der Waals surface area contributed by atoms with Crippen LogP contribution < -0.4 is 5.56 Å². The molecule has 2 aromatic carbocycles. The van der Waals surface area contributed by atoms with Crippen LogP contribution in [-0.2, 0) is 13.6 Å². The van der Waals surface area contributed by atoms with Gasteiger partial charge in [-0.25, -0.2) is 4.98 Å². The molecule has 0 saturated heterocycles. The van der Waals surface area contributed by atoms with E-state index >= 15 is 0 Å². The fourth-order valence-electron chi connectivity index (χ4n) is 3.50. The van der Waals surface area contributed by atoms with Crippen LogP contribution in [0.4, 0.5) is 0 Å². The number of nitrogens with zero attached hydrogens (tertiary/aromatic N) is 5. The Bertz CT molecular complexity index is 1380. The van der Waals surface area contributed by atoms with Crippen molar-refractivity contribution in [2.24, 2.45) is 7.05 Å². The van der Waals surface area contributed by atoms with Crippen molar-refractivity contribution in [3.8, 4) is 11.1 Å². The lowest BCUT2D eigenvalue weighted by Crippen LogP contribution is -2.21. The van der Waals surface area contributed by atoms with Gasteiger partial charge in [0.05, 0.1) is 35.5 Å². The summed E-state index contributed by atoms with van der Waals surface area (Å²) in [6, 6.07) is 16.2. The predicted molar refractivity (Wildman–Crippen MR) is 109 cm³/mol. The Balaban J connectivity index is 1.52. The minimum atomic E-state index is -0.0606. The molecule has 0 spiro atoms. The standard InChI is InChI=1S/C22H17N5O/c1-26-13-18-10-17(5-6-20(18)25-26)16-4-2-3-15(9-16)12-27-14-24-21-11-23-8-7-19(21)22(27)28/h2-11,13-14H,12H2,1H3. The van der Waals surface area contributed by atoms with E-state index in [0.29, 0.717) is 17.4 Å². The Morgan fingerprint density at radius 2 is 1.89 bits per heavy atom. The maximum atomic E-state index is 12.7. The van der Waals surface area contributed by atoms with Crippen LogP contribution in [0.3, 0.4) is 0 Å². The molecule has 5 rings (SSSR count). The van der Waals surface area contributed by atoms with E-state index in [4.69, 9.17) is 0 Å². The lowest BCUT2D eigenvalue weighted by atomic mass is 10.0. The highest BCUT2D eigenvalue weighted by atomic mass is 16.1. The first-order valence-electron chi connectivity index (χ1n) is 8.99. The molecule has 0 aliphatic rings. The van der Waals surface area contributed by atoms with E-state index in [-0.39, 0.29) is 5.56 Å². The average Bonchev–Trinajstić information content (AvgIpc) is 3.10. The van der Waals surface area contributed by atoms with Crippen LogP contribution in [0.1, 0.15) is 5.56 Å². The van der Waals surface area contributed by atoms with Gasteiger partial charge in [0.25, 0.3) is 5.56 Å². The van der Waals surface area contributed by atoms with Crippen molar-refractivity contribution < 1.29 is 0 Å². The summed E-state index contributed by atoms with van der Waals surface area (Å²) in [6.45, 7) is 0.465. The second-order valence-electron chi connectivity index (χ2n) is 6.85. The number of pyridine rings is 1. The predicted octanol–water partition coefficient (Wildman–Crippen LogP) is 3.39. The van der Waals surface area contributed by atoms with Crippen LogP contribution in [0.5, 0.6) is 0 Å². The molecule has 0 aliphatic carbocycles. The number of aryl methyl sites for hydroxylation is 1. The van der Waals surface area contributed by atoms with Crippen LogP contribution in [0.15, 0.2) is 78.2 Å². The van der Waals surface area contributed by atoms with Crippen molar-refractivity contribution in [2.45, 2.75) is 6.54 Å². The van der Waals surface area contributed by atoms with E-state index in [9.17, 15) is 4.79 Å².